The smallest absolute Gasteiger partial charge is 0.320 e. The molecule has 1 aliphatic rings. The molecule has 3 nitrogen and oxygen atoms in total. The molecular weight excluding hydrogens is 224 g/mol. The fraction of sp³-hybridized carbons (Fsp3) is 0.400. The maximum Gasteiger partial charge on any atom is 0.324 e. The maximum absolute atomic E-state index is 12.4. The molecular formula is C15H20N2O. The highest BCUT2D eigenvalue weighted by molar-refractivity contribution is 5.91. The average Bonchev–Trinajstić information content (AvgIpc) is 2.63. The first kappa shape index (κ1) is 12.7. The van der Waals surface area contributed by atoms with Crippen molar-refractivity contribution >= 4 is 11.7 Å². The predicted molar refractivity (Wildman–Crippen MR) is 74.8 cm³/mol. The summed E-state index contributed by atoms with van der Waals surface area (Å²) in [7, 11) is 1.82. The molecule has 1 aliphatic heterocycles. The Kier molecular flexibility index (Phi) is 4.03. The highest BCUT2D eigenvalue weighted by Gasteiger charge is 2.21. The van der Waals surface area contributed by atoms with E-state index in [0.29, 0.717) is 6.54 Å². The summed E-state index contributed by atoms with van der Waals surface area (Å²) in [6, 6.07) is 9.80. The Balaban J connectivity index is 2.08. The molecule has 3 heteroatoms. The molecule has 1 heterocycles. The Morgan fingerprint density at radius 2 is 2.00 bits per heavy atom. The van der Waals surface area contributed by atoms with Crippen molar-refractivity contribution in [2.45, 2.75) is 19.3 Å². The molecule has 0 radical (unpaired) electrons. The van der Waals surface area contributed by atoms with Gasteiger partial charge in [-0.2, -0.15) is 0 Å². The minimum absolute atomic E-state index is 0.0595. The molecule has 96 valence electrons. The van der Waals surface area contributed by atoms with Crippen molar-refractivity contribution in [2.75, 3.05) is 25.0 Å². The van der Waals surface area contributed by atoms with E-state index in [1.54, 1.807) is 4.90 Å². The van der Waals surface area contributed by atoms with E-state index in [-0.39, 0.29) is 6.03 Å². The third kappa shape index (κ3) is 2.92. The van der Waals surface area contributed by atoms with E-state index in [1.807, 2.05) is 42.3 Å². The van der Waals surface area contributed by atoms with Gasteiger partial charge in [-0.3, -0.25) is 4.90 Å². The lowest BCUT2D eigenvalue weighted by Gasteiger charge is -2.27. The summed E-state index contributed by atoms with van der Waals surface area (Å²) in [5.74, 6) is 0. The normalized spacial score (nSPS) is 16.3. The molecule has 0 bridgehead atoms. The van der Waals surface area contributed by atoms with Crippen LogP contribution >= 0.6 is 0 Å². The Bertz CT molecular complexity index is 427. The van der Waals surface area contributed by atoms with Gasteiger partial charge in [0.05, 0.1) is 0 Å². The van der Waals surface area contributed by atoms with Crippen molar-refractivity contribution in [1.82, 2.24) is 4.90 Å². The van der Waals surface area contributed by atoms with Gasteiger partial charge in [-0.1, -0.05) is 30.4 Å². The number of hydrogen-bond donors (Lipinski definition) is 0. The summed E-state index contributed by atoms with van der Waals surface area (Å²) < 4.78 is 0. The Morgan fingerprint density at radius 1 is 1.28 bits per heavy atom. The van der Waals surface area contributed by atoms with E-state index in [0.717, 1.165) is 37.1 Å². The quantitative estimate of drug-likeness (QED) is 0.695. The number of hydrogen-bond acceptors (Lipinski definition) is 1. The van der Waals surface area contributed by atoms with Gasteiger partial charge in [0.1, 0.15) is 0 Å². The molecule has 2 rings (SSSR count). The van der Waals surface area contributed by atoms with Gasteiger partial charge >= 0.3 is 6.03 Å². The van der Waals surface area contributed by atoms with Crippen LogP contribution in [0.15, 0.2) is 42.5 Å². The number of carbonyl (C=O) groups is 1. The molecule has 1 aromatic rings. The van der Waals surface area contributed by atoms with Gasteiger partial charge in [-0.25, -0.2) is 4.79 Å². The van der Waals surface area contributed by atoms with Crippen LogP contribution in [0.3, 0.4) is 0 Å². The lowest BCUT2D eigenvalue weighted by molar-refractivity contribution is 0.211. The van der Waals surface area contributed by atoms with Gasteiger partial charge in [0, 0.05) is 25.8 Å². The van der Waals surface area contributed by atoms with E-state index >= 15 is 0 Å². The van der Waals surface area contributed by atoms with E-state index < -0.39 is 0 Å². The monoisotopic (exact) mass is 244 g/mol. The molecule has 0 unspecified atom stereocenters. The molecule has 2 amide bonds. The molecule has 18 heavy (non-hydrogen) atoms. The van der Waals surface area contributed by atoms with Crippen LogP contribution in [-0.4, -0.2) is 31.1 Å². The second-order valence-corrected chi connectivity index (χ2v) is 4.81. The van der Waals surface area contributed by atoms with Gasteiger partial charge in [0.25, 0.3) is 0 Å². The fourth-order valence-electron chi connectivity index (χ4n) is 2.24. The van der Waals surface area contributed by atoms with Crippen LogP contribution in [0, 0.1) is 0 Å². The van der Waals surface area contributed by atoms with Gasteiger partial charge in [-0.15, -0.1) is 0 Å². The van der Waals surface area contributed by atoms with Crippen molar-refractivity contribution in [3.05, 3.63) is 42.5 Å². The largest absolute Gasteiger partial charge is 0.324 e. The fourth-order valence-corrected chi connectivity index (χ4v) is 2.24. The van der Waals surface area contributed by atoms with Crippen LogP contribution in [0.4, 0.5) is 10.5 Å². The molecule has 0 spiro atoms. The van der Waals surface area contributed by atoms with Crippen molar-refractivity contribution in [1.29, 1.82) is 0 Å². The number of rotatable bonds is 1. The number of carbonyl (C=O) groups excluding carboxylic acids is 1. The zero-order chi connectivity index (χ0) is 13.0. The number of likely N-dealkylation sites (tertiary alicyclic amines) is 1. The van der Waals surface area contributed by atoms with Crippen LogP contribution in [0.1, 0.15) is 19.3 Å². The second-order valence-electron chi connectivity index (χ2n) is 4.81. The number of para-hydroxylation sites is 1. The molecule has 0 N–H and O–H groups in total. The van der Waals surface area contributed by atoms with Crippen LogP contribution in [0.5, 0.6) is 0 Å². The molecule has 1 saturated heterocycles. The topological polar surface area (TPSA) is 23.6 Å². The van der Waals surface area contributed by atoms with Gasteiger partial charge in [-0.05, 0) is 31.4 Å². The predicted octanol–water partition coefficient (Wildman–Crippen LogP) is 3.28. The Morgan fingerprint density at radius 3 is 2.72 bits per heavy atom. The van der Waals surface area contributed by atoms with Gasteiger partial charge < -0.3 is 4.90 Å². The zero-order valence-electron chi connectivity index (χ0n) is 10.9. The Hall–Kier alpha value is -1.77. The first-order chi connectivity index (χ1) is 8.68. The van der Waals surface area contributed by atoms with Crippen LogP contribution in [0.2, 0.25) is 0 Å². The third-order valence-electron chi connectivity index (χ3n) is 3.32. The summed E-state index contributed by atoms with van der Waals surface area (Å²) in [5.41, 5.74) is 2.08. The summed E-state index contributed by atoms with van der Waals surface area (Å²) in [5, 5.41) is 0. The van der Waals surface area contributed by atoms with Crippen molar-refractivity contribution in [3.63, 3.8) is 0 Å². The maximum atomic E-state index is 12.4. The summed E-state index contributed by atoms with van der Waals surface area (Å²) in [4.78, 5) is 16.0. The molecule has 0 aliphatic carbocycles. The highest BCUT2D eigenvalue weighted by atomic mass is 16.2. The first-order valence-electron chi connectivity index (χ1n) is 6.43. The van der Waals surface area contributed by atoms with Crippen molar-refractivity contribution in [3.8, 4) is 0 Å². The van der Waals surface area contributed by atoms with Crippen molar-refractivity contribution < 1.29 is 4.79 Å². The first-order valence-corrected chi connectivity index (χ1v) is 6.43. The summed E-state index contributed by atoms with van der Waals surface area (Å²) in [6.07, 6.45) is 3.24. The number of nitrogens with zero attached hydrogens (tertiary/aromatic N) is 2. The van der Waals surface area contributed by atoms with Gasteiger partial charge in [0.15, 0.2) is 0 Å². The van der Waals surface area contributed by atoms with E-state index in [9.17, 15) is 4.79 Å². The average molecular weight is 244 g/mol. The number of anilines is 1. The lowest BCUT2D eigenvalue weighted by Crippen LogP contribution is -2.42. The van der Waals surface area contributed by atoms with E-state index in [1.165, 1.54) is 0 Å². The molecule has 1 aromatic carbocycles. The summed E-state index contributed by atoms with van der Waals surface area (Å²) in [6.45, 7) is 5.55. The van der Waals surface area contributed by atoms with Crippen LogP contribution in [-0.2, 0) is 0 Å². The van der Waals surface area contributed by atoms with E-state index in [4.69, 9.17) is 0 Å². The van der Waals surface area contributed by atoms with Crippen molar-refractivity contribution in [2.24, 2.45) is 0 Å². The number of amides is 2. The highest BCUT2D eigenvalue weighted by Crippen LogP contribution is 2.18. The SMILES string of the molecule is C=C1CCCCN(C(=O)N(C)c2ccccc2)C1. The minimum Gasteiger partial charge on any atom is -0.320 e. The van der Waals surface area contributed by atoms with Gasteiger partial charge in [0.2, 0.25) is 0 Å². The second kappa shape index (κ2) is 5.71. The van der Waals surface area contributed by atoms with Crippen LogP contribution in [0.25, 0.3) is 0 Å². The van der Waals surface area contributed by atoms with Crippen LogP contribution < -0.4 is 4.90 Å². The number of benzene rings is 1. The molecule has 0 aromatic heterocycles. The molecule has 1 fully saturated rings. The summed E-state index contributed by atoms with van der Waals surface area (Å²) >= 11 is 0. The Labute approximate surface area is 109 Å². The number of urea groups is 1. The zero-order valence-corrected chi connectivity index (χ0v) is 10.9. The minimum atomic E-state index is 0.0595. The standard InChI is InChI=1S/C15H20N2O/c1-13-8-6-7-11-17(12-13)15(18)16(2)14-9-4-3-5-10-14/h3-5,9-10H,1,6-8,11-12H2,2H3. The van der Waals surface area contributed by atoms with E-state index in [2.05, 4.69) is 6.58 Å². The lowest BCUT2D eigenvalue weighted by atomic mass is 10.1. The molecule has 0 saturated carbocycles. The molecule has 0 atom stereocenters. The third-order valence-corrected chi connectivity index (χ3v) is 3.32.